The summed E-state index contributed by atoms with van der Waals surface area (Å²) in [5.41, 5.74) is -2.69. The molecule has 0 saturated carbocycles. The molecule has 0 radical (unpaired) electrons. The molecule has 7 heteroatoms. The molecule has 0 aliphatic rings. The molecule has 1 rings (SSSR count). The van der Waals surface area contributed by atoms with E-state index in [-0.39, 0.29) is 0 Å². The third kappa shape index (κ3) is 2.07. The van der Waals surface area contributed by atoms with Crippen LogP contribution in [0.15, 0.2) is 6.20 Å². The monoisotopic (exact) mass is 234 g/mol. The van der Waals surface area contributed by atoms with Crippen LogP contribution in [0.5, 0.6) is 0 Å². The summed E-state index contributed by atoms with van der Waals surface area (Å²) >= 11 is 4.98. The number of carbonyl (C=O) groups excluding carboxylic acids is 1. The van der Waals surface area contributed by atoms with Gasteiger partial charge in [-0.2, -0.15) is 5.26 Å². The SMILES string of the molecule is N#Cc1ncc(F)c(C(F)F)c1C(=O)Cl. The molecule has 0 N–H and O–H groups in total. The van der Waals surface area contributed by atoms with E-state index in [9.17, 15) is 18.0 Å². The molecule has 0 saturated heterocycles. The first-order chi connectivity index (χ1) is 6.99. The molecule has 1 aromatic rings. The predicted octanol–water partition coefficient (Wildman–Crippen LogP) is 2.41. The van der Waals surface area contributed by atoms with Gasteiger partial charge in [-0.3, -0.25) is 4.79 Å². The normalized spacial score (nSPS) is 10.1. The number of pyridine rings is 1. The summed E-state index contributed by atoms with van der Waals surface area (Å²) in [7, 11) is 0. The molecule has 0 spiro atoms. The zero-order chi connectivity index (χ0) is 11.6. The lowest BCUT2D eigenvalue weighted by atomic mass is 10.1. The number of alkyl halides is 2. The third-order valence-electron chi connectivity index (χ3n) is 1.59. The number of rotatable bonds is 2. The standard InChI is InChI=1S/C8H2ClF3N2O/c9-7(15)6-4(1-13)14-2-3(10)5(6)8(11)12/h2,8H. The topological polar surface area (TPSA) is 53.8 Å². The molecule has 3 nitrogen and oxygen atoms in total. The van der Waals surface area contributed by atoms with Gasteiger partial charge >= 0.3 is 0 Å². The van der Waals surface area contributed by atoms with Gasteiger partial charge in [-0.25, -0.2) is 18.2 Å². The molecule has 0 aliphatic carbocycles. The minimum atomic E-state index is -3.24. The van der Waals surface area contributed by atoms with E-state index in [1.165, 1.54) is 6.07 Å². The quantitative estimate of drug-likeness (QED) is 0.739. The summed E-state index contributed by atoms with van der Waals surface area (Å²) in [5.74, 6) is -1.37. The largest absolute Gasteiger partial charge is 0.275 e. The van der Waals surface area contributed by atoms with Crippen molar-refractivity contribution < 1.29 is 18.0 Å². The van der Waals surface area contributed by atoms with Gasteiger partial charge in [0.1, 0.15) is 6.07 Å². The Balaban J connectivity index is 3.60. The molecule has 78 valence electrons. The van der Waals surface area contributed by atoms with E-state index in [1.807, 2.05) is 0 Å². The molecule has 0 atom stereocenters. The number of aromatic nitrogens is 1. The molecular formula is C8H2ClF3N2O. The molecule has 1 heterocycles. The van der Waals surface area contributed by atoms with Crippen LogP contribution >= 0.6 is 11.6 Å². The van der Waals surface area contributed by atoms with Crippen molar-refractivity contribution in [3.63, 3.8) is 0 Å². The smallest absolute Gasteiger partial charge is 0.267 e. The maximum absolute atomic E-state index is 12.9. The van der Waals surface area contributed by atoms with Crippen LogP contribution in [0, 0.1) is 17.1 Å². The first kappa shape index (κ1) is 11.5. The Labute approximate surface area is 87.1 Å². The van der Waals surface area contributed by atoms with E-state index in [0.29, 0.717) is 6.20 Å². The summed E-state index contributed by atoms with van der Waals surface area (Å²) in [5, 5.41) is 7.13. The summed E-state index contributed by atoms with van der Waals surface area (Å²) < 4.78 is 37.7. The number of nitrogens with zero attached hydrogens (tertiary/aromatic N) is 2. The Bertz CT molecular complexity index is 456. The van der Waals surface area contributed by atoms with Crippen LogP contribution in [-0.2, 0) is 0 Å². The van der Waals surface area contributed by atoms with Gasteiger partial charge in [0.2, 0.25) is 0 Å². The predicted molar refractivity (Wildman–Crippen MR) is 44.1 cm³/mol. The molecule has 0 fully saturated rings. The van der Waals surface area contributed by atoms with Gasteiger partial charge in [0, 0.05) is 0 Å². The van der Waals surface area contributed by atoms with Gasteiger partial charge in [0.25, 0.3) is 11.7 Å². The first-order valence-corrected chi connectivity index (χ1v) is 3.93. The average Bonchev–Trinajstić information content (AvgIpc) is 2.16. The van der Waals surface area contributed by atoms with Crippen LogP contribution in [0.4, 0.5) is 13.2 Å². The van der Waals surface area contributed by atoms with Crippen molar-refractivity contribution in [2.75, 3.05) is 0 Å². The van der Waals surface area contributed by atoms with E-state index >= 15 is 0 Å². The maximum Gasteiger partial charge on any atom is 0.267 e. The third-order valence-corrected chi connectivity index (χ3v) is 1.78. The number of halogens is 4. The molecule has 0 bridgehead atoms. The number of hydrogen-bond donors (Lipinski definition) is 0. The van der Waals surface area contributed by atoms with Crippen LogP contribution in [0.1, 0.15) is 28.0 Å². The maximum atomic E-state index is 12.9. The lowest BCUT2D eigenvalue weighted by Crippen LogP contribution is -2.07. The fraction of sp³-hybridized carbons (Fsp3) is 0.125. The van der Waals surface area contributed by atoms with Crippen LogP contribution in [0.25, 0.3) is 0 Å². The molecule has 0 aliphatic heterocycles. The number of nitriles is 1. The molecule has 1 aromatic heterocycles. The lowest BCUT2D eigenvalue weighted by molar-refractivity contribution is 0.106. The van der Waals surface area contributed by atoms with E-state index < -0.39 is 34.3 Å². The molecular weight excluding hydrogens is 233 g/mol. The van der Waals surface area contributed by atoms with Crippen molar-refractivity contribution in [3.05, 3.63) is 28.8 Å². The Kier molecular flexibility index (Phi) is 3.27. The Morgan fingerprint density at radius 1 is 1.60 bits per heavy atom. The van der Waals surface area contributed by atoms with Gasteiger partial charge in [0.15, 0.2) is 11.5 Å². The van der Waals surface area contributed by atoms with E-state index in [2.05, 4.69) is 4.98 Å². The van der Waals surface area contributed by atoms with Crippen LogP contribution in [0.3, 0.4) is 0 Å². The minimum Gasteiger partial charge on any atom is -0.275 e. The Morgan fingerprint density at radius 2 is 2.20 bits per heavy atom. The van der Waals surface area contributed by atoms with Crippen LogP contribution in [0.2, 0.25) is 0 Å². The van der Waals surface area contributed by atoms with Gasteiger partial charge in [0.05, 0.1) is 17.3 Å². The average molecular weight is 235 g/mol. The summed E-state index contributed by atoms with van der Waals surface area (Å²) in [6.07, 6.45) is -2.79. The zero-order valence-corrected chi connectivity index (χ0v) is 7.73. The van der Waals surface area contributed by atoms with Crippen molar-refractivity contribution in [2.24, 2.45) is 0 Å². The molecule has 0 aromatic carbocycles. The number of hydrogen-bond acceptors (Lipinski definition) is 3. The second kappa shape index (κ2) is 4.28. The summed E-state index contributed by atoms with van der Waals surface area (Å²) in [4.78, 5) is 14.0. The number of carbonyl (C=O) groups is 1. The highest BCUT2D eigenvalue weighted by Gasteiger charge is 2.26. The summed E-state index contributed by atoms with van der Waals surface area (Å²) in [6, 6.07) is 1.38. The van der Waals surface area contributed by atoms with E-state index in [1.54, 1.807) is 0 Å². The van der Waals surface area contributed by atoms with Gasteiger partial charge in [-0.1, -0.05) is 0 Å². The van der Waals surface area contributed by atoms with E-state index in [4.69, 9.17) is 16.9 Å². The fourth-order valence-corrected chi connectivity index (χ4v) is 1.19. The second-order valence-electron chi connectivity index (χ2n) is 2.43. The molecule has 0 amide bonds. The highest BCUT2D eigenvalue weighted by Crippen LogP contribution is 2.28. The Morgan fingerprint density at radius 3 is 2.60 bits per heavy atom. The lowest BCUT2D eigenvalue weighted by Gasteiger charge is -2.06. The Hall–Kier alpha value is -1.61. The highest BCUT2D eigenvalue weighted by atomic mass is 35.5. The van der Waals surface area contributed by atoms with Gasteiger partial charge in [-0.05, 0) is 11.6 Å². The van der Waals surface area contributed by atoms with Crippen molar-refractivity contribution >= 4 is 16.8 Å². The zero-order valence-electron chi connectivity index (χ0n) is 6.97. The first-order valence-electron chi connectivity index (χ1n) is 3.55. The van der Waals surface area contributed by atoms with E-state index in [0.717, 1.165) is 0 Å². The fourth-order valence-electron chi connectivity index (χ4n) is 0.999. The van der Waals surface area contributed by atoms with Crippen LogP contribution in [-0.4, -0.2) is 10.2 Å². The van der Waals surface area contributed by atoms with Crippen molar-refractivity contribution in [1.29, 1.82) is 5.26 Å². The second-order valence-corrected chi connectivity index (χ2v) is 2.77. The van der Waals surface area contributed by atoms with Crippen molar-refractivity contribution in [1.82, 2.24) is 4.98 Å². The van der Waals surface area contributed by atoms with Crippen molar-refractivity contribution in [3.8, 4) is 6.07 Å². The van der Waals surface area contributed by atoms with Crippen molar-refractivity contribution in [2.45, 2.75) is 6.43 Å². The highest BCUT2D eigenvalue weighted by molar-refractivity contribution is 6.68. The molecule has 15 heavy (non-hydrogen) atoms. The van der Waals surface area contributed by atoms with Crippen LogP contribution < -0.4 is 0 Å². The van der Waals surface area contributed by atoms with Gasteiger partial charge in [-0.15, -0.1) is 0 Å². The van der Waals surface area contributed by atoms with Gasteiger partial charge < -0.3 is 0 Å². The summed E-state index contributed by atoms with van der Waals surface area (Å²) in [6.45, 7) is 0. The minimum absolute atomic E-state index is 0.448. The molecule has 0 unspecified atom stereocenters.